The fourth-order valence-electron chi connectivity index (χ4n) is 3.31. The quantitative estimate of drug-likeness (QED) is 0.808. The van der Waals surface area contributed by atoms with E-state index in [9.17, 15) is 9.90 Å². The number of benzene rings is 1. The molecule has 0 fully saturated rings. The van der Waals surface area contributed by atoms with Crippen LogP contribution in [0, 0.1) is 11.8 Å². The van der Waals surface area contributed by atoms with E-state index in [0.29, 0.717) is 23.4 Å². The van der Waals surface area contributed by atoms with Gasteiger partial charge in [-0.05, 0) is 24.1 Å². The third-order valence-corrected chi connectivity index (χ3v) is 4.52. The Bertz CT molecular complexity index is 682. The van der Waals surface area contributed by atoms with Crippen LogP contribution < -0.4 is 10.1 Å². The predicted octanol–water partition coefficient (Wildman–Crippen LogP) is 2.08. The lowest BCUT2D eigenvalue weighted by atomic mass is 9.83. The van der Waals surface area contributed by atoms with Crippen LogP contribution in [0.15, 0.2) is 47.7 Å². The molecule has 1 heterocycles. The van der Waals surface area contributed by atoms with Gasteiger partial charge in [-0.3, -0.25) is 4.79 Å². The Hall–Kier alpha value is -2.31. The second-order valence-corrected chi connectivity index (χ2v) is 5.80. The Morgan fingerprint density at radius 2 is 2.25 bits per heavy atom. The molecule has 0 bridgehead atoms. The summed E-state index contributed by atoms with van der Waals surface area (Å²) in [5.41, 5.74) is 2.06. The summed E-state index contributed by atoms with van der Waals surface area (Å²) in [6.07, 6.45) is 3.63. The van der Waals surface area contributed by atoms with Crippen LogP contribution in [0.3, 0.4) is 0 Å². The number of amides is 1. The summed E-state index contributed by atoms with van der Waals surface area (Å²) in [4.78, 5) is 12.7. The fraction of sp³-hybridized carbons (Fsp3) is 0.389. The molecule has 6 nitrogen and oxygen atoms in total. The summed E-state index contributed by atoms with van der Waals surface area (Å²) in [6, 6.07) is 7.17. The SMILES string of the molecule is COc1cccc(NC(=O)C2=COC(OC)C3C(CO)=CCC23)c1. The van der Waals surface area contributed by atoms with Crippen LogP contribution in [0.1, 0.15) is 6.42 Å². The van der Waals surface area contributed by atoms with Crippen molar-refractivity contribution in [3.05, 3.63) is 47.7 Å². The minimum Gasteiger partial charge on any atom is -0.497 e. The van der Waals surface area contributed by atoms with E-state index in [1.807, 2.05) is 18.2 Å². The van der Waals surface area contributed by atoms with Gasteiger partial charge < -0.3 is 24.6 Å². The highest BCUT2D eigenvalue weighted by atomic mass is 16.7. The minimum absolute atomic E-state index is 0.0588. The maximum Gasteiger partial charge on any atom is 0.255 e. The molecule has 1 amide bonds. The second kappa shape index (κ2) is 7.07. The van der Waals surface area contributed by atoms with Gasteiger partial charge in [-0.25, -0.2) is 0 Å². The molecule has 0 saturated heterocycles. The van der Waals surface area contributed by atoms with Gasteiger partial charge in [0, 0.05) is 24.8 Å². The number of carbonyl (C=O) groups excluding carboxylic acids is 1. The smallest absolute Gasteiger partial charge is 0.255 e. The number of anilines is 1. The Morgan fingerprint density at radius 1 is 1.42 bits per heavy atom. The van der Waals surface area contributed by atoms with Crippen LogP contribution in [-0.2, 0) is 14.3 Å². The molecule has 2 N–H and O–H groups in total. The van der Waals surface area contributed by atoms with E-state index < -0.39 is 6.29 Å². The highest BCUT2D eigenvalue weighted by Gasteiger charge is 2.43. The van der Waals surface area contributed by atoms with Crippen molar-refractivity contribution in [2.24, 2.45) is 11.8 Å². The maximum absolute atomic E-state index is 12.7. The monoisotopic (exact) mass is 331 g/mol. The van der Waals surface area contributed by atoms with E-state index >= 15 is 0 Å². The summed E-state index contributed by atoms with van der Waals surface area (Å²) in [5.74, 6) is 0.247. The zero-order valence-corrected chi connectivity index (χ0v) is 13.7. The highest BCUT2D eigenvalue weighted by molar-refractivity contribution is 6.04. The minimum atomic E-state index is -0.482. The molecule has 3 rings (SSSR count). The molecule has 6 heteroatoms. The van der Waals surface area contributed by atoms with Crippen molar-refractivity contribution in [1.82, 2.24) is 0 Å². The van der Waals surface area contributed by atoms with E-state index in [2.05, 4.69) is 5.32 Å². The molecule has 1 aliphatic heterocycles. The Kier molecular flexibility index (Phi) is 4.87. The molecule has 2 aliphatic rings. The molecule has 1 aromatic rings. The number of allylic oxidation sites excluding steroid dienone is 1. The first-order valence-corrected chi connectivity index (χ1v) is 7.81. The molecule has 1 aromatic carbocycles. The molecule has 0 saturated carbocycles. The average Bonchev–Trinajstić information content (AvgIpc) is 3.05. The third kappa shape index (κ3) is 3.02. The first-order valence-electron chi connectivity index (χ1n) is 7.81. The molecule has 3 atom stereocenters. The average molecular weight is 331 g/mol. The molecular formula is C18H21NO5. The summed E-state index contributed by atoms with van der Waals surface area (Å²) in [6.45, 7) is -0.0603. The van der Waals surface area contributed by atoms with Crippen LogP contribution in [0.5, 0.6) is 5.75 Å². The number of nitrogens with one attached hydrogen (secondary N) is 1. The van der Waals surface area contributed by atoms with Gasteiger partial charge >= 0.3 is 0 Å². The summed E-state index contributed by atoms with van der Waals surface area (Å²) < 4.78 is 16.1. The van der Waals surface area contributed by atoms with Crippen molar-refractivity contribution in [1.29, 1.82) is 0 Å². The molecular weight excluding hydrogens is 310 g/mol. The van der Waals surface area contributed by atoms with Gasteiger partial charge in [0.1, 0.15) is 5.75 Å². The number of aliphatic hydroxyl groups is 1. The van der Waals surface area contributed by atoms with E-state index in [1.165, 1.54) is 6.26 Å². The number of ether oxygens (including phenoxy) is 3. The summed E-state index contributed by atoms with van der Waals surface area (Å²) in [5, 5.41) is 12.4. The fourth-order valence-corrected chi connectivity index (χ4v) is 3.31. The number of fused-ring (bicyclic) bond motifs is 1. The van der Waals surface area contributed by atoms with Crippen LogP contribution in [0.2, 0.25) is 0 Å². The van der Waals surface area contributed by atoms with Gasteiger partial charge in [-0.2, -0.15) is 0 Å². The van der Waals surface area contributed by atoms with Gasteiger partial charge in [-0.1, -0.05) is 12.1 Å². The Balaban J connectivity index is 1.79. The van der Waals surface area contributed by atoms with Crippen molar-refractivity contribution in [3.8, 4) is 5.75 Å². The van der Waals surface area contributed by atoms with E-state index in [1.54, 1.807) is 26.4 Å². The number of hydrogen-bond donors (Lipinski definition) is 2. The zero-order valence-electron chi connectivity index (χ0n) is 13.7. The standard InChI is InChI=1S/C18H21NO5/c1-22-13-5-3-4-12(8-13)19-17(21)15-10-24-18(23-2)16-11(9-20)6-7-14(15)16/h3-6,8,10,14,16,18,20H,7,9H2,1-2H3,(H,19,21). The van der Waals surface area contributed by atoms with Crippen LogP contribution in [0.25, 0.3) is 0 Å². The maximum atomic E-state index is 12.7. The highest BCUT2D eigenvalue weighted by Crippen LogP contribution is 2.43. The molecule has 24 heavy (non-hydrogen) atoms. The van der Waals surface area contributed by atoms with Gasteiger partial charge in [0.15, 0.2) is 0 Å². The number of methoxy groups -OCH3 is 2. The van der Waals surface area contributed by atoms with Crippen molar-refractivity contribution in [3.63, 3.8) is 0 Å². The van der Waals surface area contributed by atoms with E-state index in [0.717, 1.165) is 5.57 Å². The molecule has 128 valence electrons. The van der Waals surface area contributed by atoms with Crippen molar-refractivity contribution >= 4 is 11.6 Å². The first kappa shape index (κ1) is 16.5. The first-order chi connectivity index (χ1) is 11.7. The topological polar surface area (TPSA) is 77.0 Å². The summed E-state index contributed by atoms with van der Waals surface area (Å²) >= 11 is 0. The zero-order chi connectivity index (χ0) is 17.1. The molecule has 1 aliphatic carbocycles. The van der Waals surface area contributed by atoms with Gasteiger partial charge in [0.2, 0.25) is 6.29 Å². The number of hydrogen-bond acceptors (Lipinski definition) is 5. The van der Waals surface area contributed by atoms with Gasteiger partial charge in [0.05, 0.1) is 31.5 Å². The second-order valence-electron chi connectivity index (χ2n) is 5.80. The van der Waals surface area contributed by atoms with E-state index in [-0.39, 0.29) is 24.3 Å². The summed E-state index contributed by atoms with van der Waals surface area (Å²) in [7, 11) is 3.14. The van der Waals surface area contributed by atoms with Crippen molar-refractivity contribution in [2.45, 2.75) is 12.7 Å². The molecule has 0 spiro atoms. The Labute approximate surface area is 140 Å². The number of aliphatic hydroxyl groups excluding tert-OH is 1. The largest absolute Gasteiger partial charge is 0.497 e. The van der Waals surface area contributed by atoms with E-state index in [4.69, 9.17) is 14.2 Å². The van der Waals surface area contributed by atoms with Gasteiger partial charge in [-0.15, -0.1) is 0 Å². The lowest BCUT2D eigenvalue weighted by Crippen LogP contribution is -2.37. The molecule has 3 unspecified atom stereocenters. The van der Waals surface area contributed by atoms with Crippen molar-refractivity contribution in [2.75, 3.05) is 26.1 Å². The molecule has 0 aromatic heterocycles. The third-order valence-electron chi connectivity index (χ3n) is 4.52. The number of carbonyl (C=O) groups is 1. The van der Waals surface area contributed by atoms with Crippen LogP contribution >= 0.6 is 0 Å². The van der Waals surface area contributed by atoms with Crippen molar-refractivity contribution < 1.29 is 24.1 Å². The van der Waals surface area contributed by atoms with Crippen LogP contribution in [-0.4, -0.2) is 38.1 Å². The lowest BCUT2D eigenvalue weighted by molar-refractivity contribution is -0.134. The normalized spacial score (nSPS) is 25.2. The van der Waals surface area contributed by atoms with Crippen LogP contribution in [0.4, 0.5) is 5.69 Å². The Morgan fingerprint density at radius 3 is 2.96 bits per heavy atom. The number of rotatable bonds is 5. The lowest BCUT2D eigenvalue weighted by Gasteiger charge is -2.34. The molecule has 0 radical (unpaired) electrons. The van der Waals surface area contributed by atoms with Gasteiger partial charge in [0.25, 0.3) is 5.91 Å². The predicted molar refractivity (Wildman–Crippen MR) is 88.4 cm³/mol.